The van der Waals surface area contributed by atoms with Crippen LogP contribution < -0.4 is 10.1 Å². The molecular formula is C39H41NO13. The van der Waals surface area contributed by atoms with E-state index < -0.39 is 60.7 Å². The zero-order valence-electron chi connectivity index (χ0n) is 29.7. The molecule has 1 amide bonds. The minimum atomic E-state index is -1.62. The zero-order chi connectivity index (χ0) is 38.1. The van der Waals surface area contributed by atoms with Gasteiger partial charge in [0.05, 0.1) is 7.11 Å². The maximum Gasteiger partial charge on any atom is 0.407 e. The van der Waals surface area contributed by atoms with Crippen LogP contribution >= 0.6 is 0 Å². The fourth-order valence-corrected chi connectivity index (χ4v) is 6.58. The minimum Gasteiger partial charge on any atom is -0.467 e. The molecule has 1 aliphatic heterocycles. The van der Waals surface area contributed by atoms with E-state index in [1.807, 2.05) is 24.3 Å². The Bertz CT molecular complexity index is 1800. The lowest BCUT2D eigenvalue weighted by Crippen LogP contribution is -2.64. The molecule has 0 saturated carbocycles. The molecule has 53 heavy (non-hydrogen) atoms. The Hall–Kier alpha value is -5.76. The molecule has 1 fully saturated rings. The van der Waals surface area contributed by atoms with Gasteiger partial charge in [0.25, 0.3) is 0 Å². The van der Waals surface area contributed by atoms with Gasteiger partial charge in [-0.3, -0.25) is 19.2 Å². The number of aryl methyl sites for hydroxylation is 1. The molecule has 1 heterocycles. The zero-order valence-corrected chi connectivity index (χ0v) is 29.7. The molecule has 1 aliphatic carbocycles. The van der Waals surface area contributed by atoms with E-state index in [0.717, 1.165) is 50.1 Å². The molecule has 0 bridgehead atoms. The number of nitrogens with one attached hydrogen (secondary N) is 1. The van der Waals surface area contributed by atoms with Crippen LogP contribution in [0.25, 0.3) is 11.1 Å². The van der Waals surface area contributed by atoms with E-state index in [4.69, 9.17) is 33.2 Å². The smallest absolute Gasteiger partial charge is 0.407 e. The summed E-state index contributed by atoms with van der Waals surface area (Å²) >= 11 is 0. The van der Waals surface area contributed by atoms with Crippen molar-refractivity contribution >= 4 is 36.3 Å². The Morgan fingerprint density at radius 2 is 1.38 bits per heavy atom. The van der Waals surface area contributed by atoms with Gasteiger partial charge in [-0.2, -0.15) is 0 Å². The first-order chi connectivity index (χ1) is 25.5. The van der Waals surface area contributed by atoms with Gasteiger partial charge in [-0.25, -0.2) is 9.59 Å². The van der Waals surface area contributed by atoms with E-state index in [1.165, 1.54) is 12.1 Å². The molecule has 14 nitrogen and oxygen atoms in total. The van der Waals surface area contributed by atoms with Crippen molar-refractivity contribution in [3.05, 3.63) is 89.0 Å². The number of benzene rings is 3. The maximum atomic E-state index is 12.7. The average Bonchev–Trinajstić information content (AvgIpc) is 3.45. The number of aldehydes is 1. The van der Waals surface area contributed by atoms with Crippen molar-refractivity contribution in [2.24, 2.45) is 0 Å². The molecule has 1 N–H and O–H groups in total. The number of unbranched alkanes of at least 4 members (excludes halogenated alkanes) is 1. The highest BCUT2D eigenvalue weighted by Gasteiger charge is 2.55. The summed E-state index contributed by atoms with van der Waals surface area (Å²) in [5.74, 6) is -3.30. The molecule has 5 rings (SSSR count). The van der Waals surface area contributed by atoms with Crippen molar-refractivity contribution in [2.75, 3.05) is 20.3 Å². The van der Waals surface area contributed by atoms with Gasteiger partial charge in [0, 0.05) is 38.8 Å². The summed E-state index contributed by atoms with van der Waals surface area (Å²) in [6.45, 7) is 3.81. The highest BCUT2D eigenvalue weighted by atomic mass is 16.7. The van der Waals surface area contributed by atoms with E-state index in [1.54, 1.807) is 6.07 Å². The van der Waals surface area contributed by atoms with Crippen LogP contribution in [0, 0.1) is 0 Å². The second-order valence-electron chi connectivity index (χ2n) is 12.5. The highest BCUT2D eigenvalue weighted by Crippen LogP contribution is 2.44. The van der Waals surface area contributed by atoms with Crippen molar-refractivity contribution in [1.29, 1.82) is 0 Å². The van der Waals surface area contributed by atoms with E-state index in [-0.39, 0.29) is 18.3 Å². The molecule has 0 spiro atoms. The summed E-state index contributed by atoms with van der Waals surface area (Å²) in [5, 5.41) is 2.79. The van der Waals surface area contributed by atoms with E-state index in [9.17, 15) is 28.8 Å². The predicted octanol–water partition coefficient (Wildman–Crippen LogP) is 4.43. The van der Waals surface area contributed by atoms with Gasteiger partial charge < -0.3 is 38.5 Å². The first-order valence-corrected chi connectivity index (χ1v) is 17.1. The number of esters is 4. The summed E-state index contributed by atoms with van der Waals surface area (Å²) < 4.78 is 38.4. The van der Waals surface area contributed by atoms with Gasteiger partial charge in [-0.1, -0.05) is 48.5 Å². The summed E-state index contributed by atoms with van der Waals surface area (Å²) in [6, 6.07) is 20.8. The van der Waals surface area contributed by atoms with Gasteiger partial charge >= 0.3 is 30.0 Å². The number of amides is 1. The van der Waals surface area contributed by atoms with Crippen molar-refractivity contribution in [2.45, 2.75) is 76.7 Å². The number of carbonyl (C=O) groups is 6. The number of carbonyl (C=O) groups excluding carboxylic acids is 6. The molecule has 3 aromatic rings. The normalized spacial score (nSPS) is 20.2. The largest absolute Gasteiger partial charge is 0.467 e. The number of fused-ring (bicyclic) bond motifs is 3. The highest BCUT2D eigenvalue weighted by molar-refractivity contribution is 5.80. The number of ether oxygens (including phenoxy) is 7. The van der Waals surface area contributed by atoms with Crippen LogP contribution in [0.4, 0.5) is 4.79 Å². The Labute approximate surface area is 306 Å². The van der Waals surface area contributed by atoms with E-state index >= 15 is 0 Å². The molecular weight excluding hydrogens is 690 g/mol. The van der Waals surface area contributed by atoms with E-state index in [2.05, 4.69) is 29.6 Å². The van der Waals surface area contributed by atoms with Crippen LogP contribution in [-0.4, -0.2) is 87.2 Å². The van der Waals surface area contributed by atoms with Gasteiger partial charge in [0.1, 0.15) is 18.6 Å². The number of methoxy groups -OCH3 is 1. The van der Waals surface area contributed by atoms with Crippen LogP contribution in [0.5, 0.6) is 5.75 Å². The summed E-state index contributed by atoms with van der Waals surface area (Å²) in [6.07, 6.45) is -5.98. The van der Waals surface area contributed by atoms with Crippen molar-refractivity contribution in [3.63, 3.8) is 0 Å². The second-order valence-corrected chi connectivity index (χ2v) is 12.5. The van der Waals surface area contributed by atoms with Crippen LogP contribution in [0.15, 0.2) is 66.7 Å². The Kier molecular flexibility index (Phi) is 12.8. The molecule has 14 heteroatoms. The summed E-state index contributed by atoms with van der Waals surface area (Å²) in [7, 11) is 1.09. The number of rotatable bonds is 14. The molecule has 5 atom stereocenters. The molecule has 0 unspecified atom stereocenters. The Balaban J connectivity index is 1.20. The van der Waals surface area contributed by atoms with Crippen LogP contribution in [0.2, 0.25) is 0 Å². The van der Waals surface area contributed by atoms with Crippen LogP contribution in [0.3, 0.4) is 0 Å². The van der Waals surface area contributed by atoms with Crippen LogP contribution in [0.1, 0.15) is 66.6 Å². The lowest BCUT2D eigenvalue weighted by molar-refractivity contribution is -0.282. The fourth-order valence-electron chi connectivity index (χ4n) is 6.58. The monoisotopic (exact) mass is 731 g/mol. The predicted molar refractivity (Wildman–Crippen MR) is 186 cm³/mol. The van der Waals surface area contributed by atoms with Crippen LogP contribution in [-0.2, 0) is 54.0 Å². The first-order valence-electron chi connectivity index (χ1n) is 17.1. The Morgan fingerprint density at radius 1 is 0.774 bits per heavy atom. The lowest BCUT2D eigenvalue weighted by Gasteiger charge is -2.43. The van der Waals surface area contributed by atoms with Crippen molar-refractivity contribution in [1.82, 2.24) is 5.32 Å². The average molecular weight is 732 g/mol. The second kappa shape index (κ2) is 17.6. The standard InChI is InChI=1S/C39H41NO13/c1-22(42)49-33-34(50-23(2)43)36(51-24(3)44)38(53-35(33)37(45)47-4)52-27-17-16-26(20-41)25(19-27)11-9-10-18-40-39(46)48-21-32-30-14-7-5-12-28(30)29-13-6-8-15-31(29)32/h5-8,12-17,19-20,32-36,38H,9-11,18,21H2,1-4H3,(H,40,46)/t33-,34-,35-,36+,38+/m0/s1. The molecule has 1 saturated heterocycles. The third-order valence-corrected chi connectivity index (χ3v) is 8.81. The summed E-state index contributed by atoms with van der Waals surface area (Å²) in [4.78, 5) is 73.4. The fraction of sp³-hybridized carbons (Fsp3) is 0.385. The van der Waals surface area contributed by atoms with Crippen molar-refractivity contribution in [3.8, 4) is 16.9 Å². The molecule has 280 valence electrons. The number of hydrogen-bond donors (Lipinski definition) is 1. The first kappa shape index (κ1) is 38.5. The third-order valence-electron chi connectivity index (χ3n) is 8.81. The third kappa shape index (κ3) is 9.38. The van der Waals surface area contributed by atoms with Crippen molar-refractivity contribution < 1.29 is 61.9 Å². The number of hydrogen-bond acceptors (Lipinski definition) is 13. The van der Waals surface area contributed by atoms with Gasteiger partial charge in [-0.15, -0.1) is 0 Å². The van der Waals surface area contributed by atoms with Gasteiger partial charge in [0.2, 0.25) is 12.4 Å². The molecule has 2 aliphatic rings. The molecule has 0 radical (unpaired) electrons. The maximum absolute atomic E-state index is 12.7. The number of alkyl carbamates (subject to hydrolysis) is 1. The van der Waals surface area contributed by atoms with E-state index in [0.29, 0.717) is 43.2 Å². The topological polar surface area (TPSA) is 179 Å². The summed E-state index contributed by atoms with van der Waals surface area (Å²) in [5.41, 5.74) is 5.52. The Morgan fingerprint density at radius 3 is 1.98 bits per heavy atom. The lowest BCUT2D eigenvalue weighted by atomic mass is 9.97. The minimum absolute atomic E-state index is 0.0538. The molecule has 0 aromatic heterocycles. The molecule has 3 aromatic carbocycles. The SMILES string of the molecule is COC(=O)[C@H]1O[C@@H](Oc2ccc(C=O)c(CCCCNC(=O)OCC3c4ccccc4-c4ccccc43)c2)[C@H](OC(C)=O)[C@@H](OC(C)=O)[C@@H]1OC(C)=O. The quantitative estimate of drug-likeness (QED) is 0.107. The van der Waals surface area contributed by atoms with Gasteiger partial charge in [-0.05, 0) is 65.3 Å². The van der Waals surface area contributed by atoms with Gasteiger partial charge in [0.15, 0.2) is 18.3 Å².